The van der Waals surface area contributed by atoms with Crippen LogP contribution in [0.5, 0.6) is 0 Å². The van der Waals surface area contributed by atoms with Gasteiger partial charge in [-0.05, 0) is 36.3 Å². The third-order valence-electron chi connectivity index (χ3n) is 1.88. The highest BCUT2D eigenvalue weighted by Gasteiger charge is 2.06. The fraction of sp³-hybridized carbons (Fsp3) is 0.0909. The molecule has 15 heavy (non-hydrogen) atoms. The van der Waals surface area contributed by atoms with E-state index in [1.165, 1.54) is 6.08 Å². The summed E-state index contributed by atoms with van der Waals surface area (Å²) in [6.45, 7) is 1.80. The fourth-order valence-corrected chi connectivity index (χ4v) is 1.33. The van der Waals surface area contributed by atoms with Gasteiger partial charge >= 0.3 is 5.97 Å². The molecule has 0 unspecified atom stereocenters. The molecule has 0 radical (unpaired) electrons. The Bertz CT molecular complexity index is 472. The molecule has 0 atom stereocenters. The van der Waals surface area contributed by atoms with Gasteiger partial charge in [-0.2, -0.15) is 5.26 Å². The minimum atomic E-state index is -1.23. The lowest BCUT2D eigenvalue weighted by Gasteiger charge is -2.00. The van der Waals surface area contributed by atoms with E-state index in [0.717, 1.165) is 5.56 Å². The summed E-state index contributed by atoms with van der Waals surface area (Å²) in [5, 5.41) is 17.8. The predicted molar refractivity (Wildman–Crippen MR) is 57.4 cm³/mol. The van der Waals surface area contributed by atoms with E-state index in [-0.39, 0.29) is 5.57 Å². The second kappa shape index (κ2) is 4.63. The zero-order valence-electron chi connectivity index (χ0n) is 7.99. The van der Waals surface area contributed by atoms with Gasteiger partial charge in [0.25, 0.3) is 0 Å². The average molecular weight is 222 g/mol. The number of rotatable bonds is 2. The molecular formula is C11H8ClNO2. The summed E-state index contributed by atoms with van der Waals surface area (Å²) in [4.78, 5) is 10.6. The molecule has 0 amide bonds. The Hall–Kier alpha value is -1.79. The Kier molecular flexibility index (Phi) is 3.48. The third-order valence-corrected chi connectivity index (χ3v) is 2.12. The molecule has 4 heteroatoms. The van der Waals surface area contributed by atoms with Gasteiger partial charge in [0, 0.05) is 5.02 Å². The summed E-state index contributed by atoms with van der Waals surface area (Å²) in [5.74, 6) is -1.23. The lowest BCUT2D eigenvalue weighted by Crippen LogP contribution is -1.97. The summed E-state index contributed by atoms with van der Waals surface area (Å²) < 4.78 is 0. The fourth-order valence-electron chi connectivity index (χ4n) is 1.10. The van der Waals surface area contributed by atoms with E-state index in [0.29, 0.717) is 10.6 Å². The van der Waals surface area contributed by atoms with Crippen LogP contribution < -0.4 is 0 Å². The van der Waals surface area contributed by atoms with Crippen molar-refractivity contribution >= 4 is 23.6 Å². The molecule has 0 aliphatic carbocycles. The van der Waals surface area contributed by atoms with E-state index in [4.69, 9.17) is 22.0 Å². The molecule has 0 bridgehead atoms. The van der Waals surface area contributed by atoms with Crippen molar-refractivity contribution in [3.05, 3.63) is 39.9 Å². The number of carboxylic acids is 1. The van der Waals surface area contributed by atoms with Gasteiger partial charge in [-0.3, -0.25) is 0 Å². The third kappa shape index (κ3) is 2.83. The Labute approximate surface area is 92.2 Å². The number of hydrogen-bond donors (Lipinski definition) is 1. The van der Waals surface area contributed by atoms with Gasteiger partial charge in [-0.1, -0.05) is 17.7 Å². The summed E-state index contributed by atoms with van der Waals surface area (Å²) >= 11 is 5.75. The number of benzene rings is 1. The van der Waals surface area contributed by atoms with Crippen LogP contribution in [0.3, 0.4) is 0 Å². The van der Waals surface area contributed by atoms with Crippen LogP contribution in [0.2, 0.25) is 5.02 Å². The highest BCUT2D eigenvalue weighted by atomic mass is 35.5. The highest BCUT2D eigenvalue weighted by Crippen LogP contribution is 2.17. The number of nitrogens with zero attached hydrogens (tertiary/aromatic N) is 1. The molecule has 0 saturated carbocycles. The number of aryl methyl sites for hydroxylation is 1. The zero-order valence-corrected chi connectivity index (χ0v) is 8.75. The van der Waals surface area contributed by atoms with Gasteiger partial charge in [-0.15, -0.1) is 0 Å². The summed E-state index contributed by atoms with van der Waals surface area (Å²) in [6, 6.07) is 6.66. The number of halogens is 1. The molecule has 0 saturated heterocycles. The summed E-state index contributed by atoms with van der Waals surface area (Å²) in [5.41, 5.74) is 1.22. The standard InChI is InChI=1S/C11H8ClNO2/c1-7-4-10(12)3-2-8(7)5-9(6-13)11(14)15/h2-5H,1H3,(H,14,15)/b9-5-. The Morgan fingerprint density at radius 2 is 2.27 bits per heavy atom. The minimum Gasteiger partial charge on any atom is -0.477 e. The molecule has 0 heterocycles. The maximum absolute atomic E-state index is 10.6. The van der Waals surface area contributed by atoms with Crippen LogP contribution >= 0.6 is 11.6 Å². The van der Waals surface area contributed by atoms with Crippen LogP contribution in [0.15, 0.2) is 23.8 Å². The first-order chi connectivity index (χ1) is 7.04. The summed E-state index contributed by atoms with van der Waals surface area (Å²) in [6.07, 6.45) is 1.33. The molecule has 0 aliphatic rings. The molecule has 0 fully saturated rings. The normalized spacial score (nSPS) is 10.9. The first kappa shape index (κ1) is 11.3. The molecule has 1 aromatic carbocycles. The van der Waals surface area contributed by atoms with E-state index >= 15 is 0 Å². The number of nitriles is 1. The second-order valence-corrected chi connectivity index (χ2v) is 3.41. The van der Waals surface area contributed by atoms with Crippen LogP contribution in [0.1, 0.15) is 11.1 Å². The van der Waals surface area contributed by atoms with Gasteiger partial charge in [0.1, 0.15) is 11.6 Å². The zero-order chi connectivity index (χ0) is 11.4. The van der Waals surface area contributed by atoms with Crippen LogP contribution in [0, 0.1) is 18.3 Å². The topological polar surface area (TPSA) is 61.1 Å². The smallest absolute Gasteiger partial charge is 0.346 e. The lowest BCUT2D eigenvalue weighted by atomic mass is 10.1. The molecule has 3 nitrogen and oxygen atoms in total. The Morgan fingerprint density at radius 3 is 2.73 bits per heavy atom. The van der Waals surface area contributed by atoms with E-state index in [2.05, 4.69) is 0 Å². The molecular weight excluding hydrogens is 214 g/mol. The number of hydrogen-bond acceptors (Lipinski definition) is 2. The van der Waals surface area contributed by atoms with Crippen molar-refractivity contribution in [3.63, 3.8) is 0 Å². The number of carbonyl (C=O) groups is 1. The van der Waals surface area contributed by atoms with E-state index < -0.39 is 5.97 Å². The Balaban J connectivity index is 3.19. The lowest BCUT2D eigenvalue weighted by molar-refractivity contribution is -0.132. The second-order valence-electron chi connectivity index (χ2n) is 2.98. The number of carboxylic acid groups (broad SMARTS) is 1. The van der Waals surface area contributed by atoms with Gasteiger partial charge in [0.05, 0.1) is 0 Å². The maximum atomic E-state index is 10.6. The average Bonchev–Trinajstić information content (AvgIpc) is 2.16. The van der Waals surface area contributed by atoms with E-state index in [1.54, 1.807) is 31.2 Å². The van der Waals surface area contributed by atoms with Gasteiger partial charge < -0.3 is 5.11 Å². The molecule has 1 aromatic rings. The van der Waals surface area contributed by atoms with Crippen LogP contribution in [0.4, 0.5) is 0 Å². The van der Waals surface area contributed by atoms with Gasteiger partial charge in [0.2, 0.25) is 0 Å². The SMILES string of the molecule is Cc1cc(Cl)ccc1/C=C(/C#N)C(=O)O. The Morgan fingerprint density at radius 1 is 1.60 bits per heavy atom. The predicted octanol–water partition coefficient (Wildman–Crippen LogP) is 2.64. The van der Waals surface area contributed by atoms with Crippen LogP contribution in [-0.4, -0.2) is 11.1 Å². The van der Waals surface area contributed by atoms with Gasteiger partial charge in [-0.25, -0.2) is 4.79 Å². The van der Waals surface area contributed by atoms with Crippen LogP contribution in [0.25, 0.3) is 6.08 Å². The minimum absolute atomic E-state index is 0.291. The molecule has 0 spiro atoms. The summed E-state index contributed by atoms with van der Waals surface area (Å²) in [7, 11) is 0. The van der Waals surface area contributed by atoms with Crippen molar-refractivity contribution in [2.45, 2.75) is 6.92 Å². The quantitative estimate of drug-likeness (QED) is 0.617. The van der Waals surface area contributed by atoms with Crippen molar-refractivity contribution in [2.24, 2.45) is 0 Å². The van der Waals surface area contributed by atoms with Crippen LogP contribution in [-0.2, 0) is 4.79 Å². The molecule has 0 aromatic heterocycles. The first-order valence-corrected chi connectivity index (χ1v) is 4.53. The monoisotopic (exact) mass is 221 g/mol. The van der Waals surface area contributed by atoms with Crippen molar-refractivity contribution in [2.75, 3.05) is 0 Å². The van der Waals surface area contributed by atoms with Crippen molar-refractivity contribution < 1.29 is 9.90 Å². The molecule has 76 valence electrons. The van der Waals surface area contributed by atoms with Crippen molar-refractivity contribution in [1.29, 1.82) is 5.26 Å². The van der Waals surface area contributed by atoms with E-state index in [9.17, 15) is 4.79 Å². The molecule has 1 rings (SSSR count). The largest absolute Gasteiger partial charge is 0.477 e. The first-order valence-electron chi connectivity index (χ1n) is 4.16. The van der Waals surface area contributed by atoms with E-state index in [1.807, 2.05) is 0 Å². The highest BCUT2D eigenvalue weighted by molar-refractivity contribution is 6.30. The molecule has 0 aliphatic heterocycles. The maximum Gasteiger partial charge on any atom is 0.346 e. The number of aliphatic carboxylic acids is 1. The molecule has 1 N–H and O–H groups in total. The van der Waals surface area contributed by atoms with Gasteiger partial charge in [0.15, 0.2) is 0 Å². The van der Waals surface area contributed by atoms with Crippen molar-refractivity contribution in [1.82, 2.24) is 0 Å². The van der Waals surface area contributed by atoms with Crippen molar-refractivity contribution in [3.8, 4) is 6.07 Å².